The van der Waals surface area contributed by atoms with Crippen molar-refractivity contribution < 1.29 is 8.83 Å². The van der Waals surface area contributed by atoms with Crippen molar-refractivity contribution in [3.05, 3.63) is 308 Å². The van der Waals surface area contributed by atoms with Crippen LogP contribution in [-0.4, -0.2) is 6.71 Å². The first kappa shape index (κ1) is 59.0. The summed E-state index contributed by atoms with van der Waals surface area (Å²) in [6.07, 6.45) is 0. The number of nitrogens with zero attached hydrogens (tertiary/aromatic N) is 4. The largest absolute Gasteiger partial charge is 0.456 e. The highest BCUT2D eigenvalue weighted by molar-refractivity contribution is 7.00. The number of hydrogen-bond acceptors (Lipinski definition) is 6. The molecule has 12 aromatic carbocycles. The Morgan fingerprint density at radius 2 is 0.726 bits per heavy atom. The van der Waals surface area contributed by atoms with Crippen LogP contribution in [0.5, 0.6) is 0 Å². The van der Waals surface area contributed by atoms with Crippen LogP contribution < -0.4 is 36.0 Å². The predicted molar refractivity (Wildman–Crippen MR) is 402 cm³/mol. The summed E-state index contributed by atoms with van der Waals surface area (Å²) in [4.78, 5) is 10.0. The molecule has 462 valence electrons. The SMILES string of the molecule is CC(C)(C)c1ccc(N(c2ccc(C(C)(C)C)cc2)c2cc3c4c(c2)N(c2ccc(C(C)(C)C)cc2-c2ccccc2)c2cc(N(c5ccccc5)c5ccccc5)ccc2B4c2ccc(-c4cc5ccccc5o4)cc2N3c2cccc(-c3cc4ccccc4o3)c2)cc1. The minimum Gasteiger partial charge on any atom is -0.456 e. The molecule has 14 aromatic rings. The number of hydrogen-bond donors (Lipinski definition) is 0. The summed E-state index contributed by atoms with van der Waals surface area (Å²) in [6.45, 7) is 20.5. The maximum absolute atomic E-state index is 6.81. The minimum atomic E-state index is -0.245. The maximum Gasteiger partial charge on any atom is 0.252 e. The second kappa shape index (κ2) is 22.9. The molecule has 95 heavy (non-hydrogen) atoms. The molecular formula is C88H75BN4O2. The summed E-state index contributed by atoms with van der Waals surface area (Å²) in [5.41, 5.74) is 25.7. The van der Waals surface area contributed by atoms with Crippen LogP contribution in [0.15, 0.2) is 300 Å². The zero-order valence-electron chi connectivity index (χ0n) is 55.4. The molecule has 0 N–H and O–H groups in total. The predicted octanol–water partition coefficient (Wildman–Crippen LogP) is 23.1. The van der Waals surface area contributed by atoms with Crippen molar-refractivity contribution >= 4 is 113 Å². The first-order valence-electron chi connectivity index (χ1n) is 33.2. The van der Waals surface area contributed by atoms with Crippen LogP contribution in [0, 0.1) is 0 Å². The van der Waals surface area contributed by atoms with Crippen molar-refractivity contribution in [2.24, 2.45) is 0 Å². The molecule has 6 nitrogen and oxygen atoms in total. The zero-order valence-corrected chi connectivity index (χ0v) is 55.4. The van der Waals surface area contributed by atoms with Gasteiger partial charge in [0.1, 0.15) is 22.7 Å². The molecular weight excluding hydrogens is 1160 g/mol. The lowest BCUT2D eigenvalue weighted by Gasteiger charge is -2.45. The minimum absolute atomic E-state index is 0.0584. The van der Waals surface area contributed by atoms with Crippen molar-refractivity contribution in [2.75, 3.05) is 19.6 Å². The van der Waals surface area contributed by atoms with E-state index in [2.05, 4.69) is 355 Å². The lowest BCUT2D eigenvalue weighted by atomic mass is 9.33. The van der Waals surface area contributed by atoms with Gasteiger partial charge in [0.2, 0.25) is 0 Å². The van der Waals surface area contributed by atoms with Gasteiger partial charge in [0.05, 0.1) is 11.4 Å². The Bertz CT molecular complexity index is 5040. The molecule has 2 aromatic heterocycles. The van der Waals surface area contributed by atoms with Crippen molar-refractivity contribution in [1.82, 2.24) is 0 Å². The molecule has 7 heteroatoms. The van der Waals surface area contributed by atoms with Crippen LogP contribution >= 0.6 is 0 Å². The van der Waals surface area contributed by atoms with Gasteiger partial charge in [0.25, 0.3) is 6.71 Å². The Kier molecular flexibility index (Phi) is 14.2. The van der Waals surface area contributed by atoms with E-state index in [0.717, 1.165) is 124 Å². The summed E-state index contributed by atoms with van der Waals surface area (Å²) >= 11 is 0. The normalized spacial score (nSPS) is 12.8. The van der Waals surface area contributed by atoms with Crippen LogP contribution in [0.3, 0.4) is 0 Å². The topological polar surface area (TPSA) is 39.2 Å². The fourth-order valence-corrected chi connectivity index (χ4v) is 14.3. The second-order valence-electron chi connectivity index (χ2n) is 28.6. The van der Waals surface area contributed by atoms with Crippen molar-refractivity contribution in [3.8, 4) is 33.8 Å². The Labute approximate surface area is 558 Å². The molecule has 0 radical (unpaired) electrons. The van der Waals surface area contributed by atoms with E-state index in [1.807, 2.05) is 18.2 Å². The monoisotopic (exact) mass is 1230 g/mol. The van der Waals surface area contributed by atoms with Gasteiger partial charge in [-0.15, -0.1) is 0 Å². The van der Waals surface area contributed by atoms with Crippen LogP contribution in [0.4, 0.5) is 68.2 Å². The fraction of sp³-hybridized carbons (Fsp3) is 0.136. The molecule has 4 heterocycles. The average molecular weight is 1230 g/mol. The van der Waals surface area contributed by atoms with Crippen molar-refractivity contribution in [3.63, 3.8) is 0 Å². The van der Waals surface area contributed by atoms with E-state index in [4.69, 9.17) is 8.83 Å². The molecule has 0 amide bonds. The van der Waals surface area contributed by atoms with Crippen LogP contribution in [0.2, 0.25) is 0 Å². The quantitative estimate of drug-likeness (QED) is 0.120. The molecule has 0 saturated heterocycles. The maximum atomic E-state index is 6.81. The Hall–Kier alpha value is -11.0. The zero-order chi connectivity index (χ0) is 64.9. The van der Waals surface area contributed by atoms with Gasteiger partial charge in [-0.05, 0) is 182 Å². The van der Waals surface area contributed by atoms with E-state index < -0.39 is 0 Å². The third-order valence-corrected chi connectivity index (χ3v) is 19.3. The number of anilines is 12. The van der Waals surface area contributed by atoms with Crippen LogP contribution in [0.25, 0.3) is 55.7 Å². The number of para-hydroxylation sites is 4. The summed E-state index contributed by atoms with van der Waals surface area (Å²) in [5.74, 6) is 1.62. The van der Waals surface area contributed by atoms with Gasteiger partial charge >= 0.3 is 0 Å². The van der Waals surface area contributed by atoms with E-state index in [0.29, 0.717) is 0 Å². The van der Waals surface area contributed by atoms with Gasteiger partial charge in [0.15, 0.2) is 0 Å². The first-order valence-corrected chi connectivity index (χ1v) is 33.2. The van der Waals surface area contributed by atoms with E-state index in [-0.39, 0.29) is 23.0 Å². The highest BCUT2D eigenvalue weighted by Gasteiger charge is 2.45. The molecule has 0 fully saturated rings. The van der Waals surface area contributed by atoms with Crippen LogP contribution in [0.1, 0.15) is 79.0 Å². The van der Waals surface area contributed by atoms with Crippen LogP contribution in [-0.2, 0) is 16.2 Å². The van der Waals surface area contributed by atoms with Gasteiger partial charge < -0.3 is 28.4 Å². The number of benzene rings is 12. The highest BCUT2D eigenvalue weighted by atomic mass is 16.3. The van der Waals surface area contributed by atoms with Gasteiger partial charge in [0, 0.05) is 84.3 Å². The van der Waals surface area contributed by atoms with E-state index in [1.54, 1.807) is 0 Å². The Morgan fingerprint density at radius 1 is 0.295 bits per heavy atom. The smallest absolute Gasteiger partial charge is 0.252 e. The van der Waals surface area contributed by atoms with Gasteiger partial charge in [-0.25, -0.2) is 0 Å². The molecule has 2 aliphatic rings. The van der Waals surface area contributed by atoms with E-state index in [9.17, 15) is 0 Å². The summed E-state index contributed by atoms with van der Waals surface area (Å²) in [6, 6.07) is 107. The highest BCUT2D eigenvalue weighted by Crippen LogP contribution is 2.52. The number of fused-ring (bicyclic) bond motifs is 6. The summed E-state index contributed by atoms with van der Waals surface area (Å²) < 4.78 is 13.5. The molecule has 16 rings (SSSR count). The molecule has 2 aliphatic heterocycles. The molecule has 0 spiro atoms. The molecule has 0 saturated carbocycles. The third-order valence-electron chi connectivity index (χ3n) is 19.3. The Balaban J connectivity index is 1.05. The Morgan fingerprint density at radius 3 is 1.27 bits per heavy atom. The molecule has 0 aliphatic carbocycles. The lowest BCUT2D eigenvalue weighted by molar-refractivity contribution is 0.590. The molecule has 0 unspecified atom stereocenters. The van der Waals surface area contributed by atoms with Gasteiger partial charge in [-0.3, -0.25) is 0 Å². The molecule has 0 atom stereocenters. The van der Waals surface area contributed by atoms with Crippen molar-refractivity contribution in [2.45, 2.75) is 78.6 Å². The average Bonchev–Trinajstić information content (AvgIpc) is 0.880. The van der Waals surface area contributed by atoms with Gasteiger partial charge in [-0.1, -0.05) is 226 Å². The number of furan rings is 2. The first-order chi connectivity index (χ1) is 46.0. The second-order valence-corrected chi connectivity index (χ2v) is 28.6. The molecule has 0 bridgehead atoms. The standard InChI is InChI=1S/C88H75BN4O2/c1-86(2,3)63-37-42-68(43-38-63)91(69-44-39-64(40-45-69)87(4,5)6)72-56-79-85-80(57-72)93(76-49-41-65(88(7,8)9)54-73(76)58-24-13-10-14-25-58)78-55-71(90(66-29-15-11-16-30-66)67-31-17-12-18-32-67)46-48-75(78)89(85)74-47-36-62(84-53-61-27-20-22-35-82(61)95-84)51-77(74)92(79)70-33-23-28-59(50-70)83-52-60-26-19-21-34-81(60)94-83/h10-57H,1-9H3. The third kappa shape index (κ3) is 10.7. The fourth-order valence-electron chi connectivity index (χ4n) is 14.3. The van der Waals surface area contributed by atoms with E-state index >= 15 is 0 Å². The number of rotatable bonds is 11. The lowest BCUT2D eigenvalue weighted by Crippen LogP contribution is -2.61. The van der Waals surface area contributed by atoms with Gasteiger partial charge in [-0.2, -0.15) is 0 Å². The summed E-state index contributed by atoms with van der Waals surface area (Å²) in [7, 11) is 0. The summed E-state index contributed by atoms with van der Waals surface area (Å²) in [5, 5.41) is 2.12. The van der Waals surface area contributed by atoms with Crippen molar-refractivity contribution in [1.29, 1.82) is 0 Å². The van der Waals surface area contributed by atoms with E-state index in [1.165, 1.54) is 33.1 Å².